The Morgan fingerprint density at radius 1 is 1.03 bits per heavy atom. The lowest BCUT2D eigenvalue weighted by Crippen LogP contribution is -2.31. The number of hydrogen-bond acceptors (Lipinski definition) is 3. The minimum Gasteiger partial charge on any atom is -0.356 e. The minimum absolute atomic E-state index is 0.0703. The summed E-state index contributed by atoms with van der Waals surface area (Å²) in [7, 11) is 0. The van der Waals surface area contributed by atoms with E-state index in [-0.39, 0.29) is 11.4 Å². The number of para-hydroxylation sites is 1. The Kier molecular flexibility index (Phi) is 5.91. The number of benzene rings is 2. The van der Waals surface area contributed by atoms with Crippen molar-refractivity contribution in [2.45, 2.75) is 40.1 Å². The highest BCUT2D eigenvalue weighted by Crippen LogP contribution is 2.34. The predicted octanol–water partition coefficient (Wildman–Crippen LogP) is 6.27. The maximum atomic E-state index is 12.6. The largest absolute Gasteiger partial charge is 0.356 e. The second kappa shape index (κ2) is 8.48. The molecule has 2 N–H and O–H groups in total. The molecule has 1 atom stereocenters. The van der Waals surface area contributed by atoms with E-state index in [1.807, 2.05) is 31.2 Å². The van der Waals surface area contributed by atoms with Gasteiger partial charge in [-0.15, -0.1) is 0 Å². The molecule has 3 aromatic rings. The highest BCUT2D eigenvalue weighted by molar-refractivity contribution is 8.05. The van der Waals surface area contributed by atoms with E-state index in [4.69, 9.17) is 11.6 Å². The maximum Gasteiger partial charge on any atom is 0.260 e. The van der Waals surface area contributed by atoms with Crippen LogP contribution >= 0.6 is 23.4 Å². The molecule has 0 bridgehead atoms. The highest BCUT2D eigenvalue weighted by Gasteiger charge is 2.28. The Morgan fingerprint density at radius 2 is 1.74 bits per heavy atom. The molecule has 0 saturated carbocycles. The smallest absolute Gasteiger partial charge is 0.260 e. The van der Waals surface area contributed by atoms with E-state index in [1.54, 1.807) is 0 Å². The molecule has 0 radical (unpaired) electrons. The molecule has 1 fully saturated rings. The number of nitrogens with one attached hydrogen (secondary N) is 2. The first kappa shape index (κ1) is 21.6. The van der Waals surface area contributed by atoms with Crippen LogP contribution in [0.5, 0.6) is 0 Å². The first-order chi connectivity index (χ1) is 14.7. The third kappa shape index (κ3) is 4.25. The van der Waals surface area contributed by atoms with Crippen LogP contribution in [0.1, 0.15) is 33.6 Å². The summed E-state index contributed by atoms with van der Waals surface area (Å²) in [6.45, 7) is 10.5. The molecule has 1 saturated heterocycles. The Labute approximate surface area is 192 Å². The van der Waals surface area contributed by atoms with Gasteiger partial charge in [-0.25, -0.2) is 0 Å². The molecule has 2 aromatic carbocycles. The Morgan fingerprint density at radius 3 is 2.45 bits per heavy atom. The van der Waals surface area contributed by atoms with E-state index in [1.165, 1.54) is 28.6 Å². The monoisotopic (exact) mass is 451 g/mol. The van der Waals surface area contributed by atoms with Crippen LogP contribution in [0, 0.1) is 34.6 Å². The van der Waals surface area contributed by atoms with Crippen molar-refractivity contribution >= 4 is 41.0 Å². The zero-order valence-electron chi connectivity index (χ0n) is 18.3. The van der Waals surface area contributed by atoms with Crippen molar-refractivity contribution < 1.29 is 4.79 Å². The zero-order chi connectivity index (χ0) is 22.3. The maximum absolute atomic E-state index is 12.6. The molecule has 1 amide bonds. The van der Waals surface area contributed by atoms with Crippen molar-refractivity contribution in [3.8, 4) is 5.69 Å². The van der Waals surface area contributed by atoms with Gasteiger partial charge in [0, 0.05) is 22.1 Å². The standard InChI is InChI=1S/C25H26ClN3OS/c1-14-9-10-20(26)13-21(14)27-25-28-24(30)22(31-25)12-19-11-17(4)29(18(19)5)23-15(2)7-6-8-16(23)3/h6-13,25,27H,1-5H3,(H,28,30)/b22-12-. The van der Waals surface area contributed by atoms with E-state index in [9.17, 15) is 4.79 Å². The molecule has 2 heterocycles. The molecule has 1 aromatic heterocycles. The molecule has 160 valence electrons. The van der Waals surface area contributed by atoms with Crippen molar-refractivity contribution in [1.82, 2.24) is 9.88 Å². The van der Waals surface area contributed by atoms with Gasteiger partial charge in [0.1, 0.15) is 0 Å². The summed E-state index contributed by atoms with van der Waals surface area (Å²) in [5, 5.41) is 7.04. The van der Waals surface area contributed by atoms with Crippen LogP contribution in [0.15, 0.2) is 47.4 Å². The fourth-order valence-corrected chi connectivity index (χ4v) is 5.17. The first-order valence-corrected chi connectivity index (χ1v) is 11.5. The summed E-state index contributed by atoms with van der Waals surface area (Å²) >= 11 is 7.61. The average molecular weight is 452 g/mol. The lowest BCUT2D eigenvalue weighted by Gasteiger charge is -2.15. The van der Waals surface area contributed by atoms with E-state index in [2.05, 4.69) is 67.2 Å². The van der Waals surface area contributed by atoms with Crippen molar-refractivity contribution in [2.75, 3.05) is 5.32 Å². The number of hydrogen-bond donors (Lipinski definition) is 2. The SMILES string of the molecule is Cc1ccc(Cl)cc1NC1NC(=O)/C(=C/c2cc(C)n(-c3c(C)cccc3C)c2C)S1. The molecule has 31 heavy (non-hydrogen) atoms. The second-order valence-corrected chi connectivity index (χ2v) is 9.57. The summed E-state index contributed by atoms with van der Waals surface area (Å²) in [5.74, 6) is -0.0703. The van der Waals surface area contributed by atoms with Gasteiger partial charge in [-0.05, 0) is 81.1 Å². The molecule has 1 aliphatic rings. The number of carbonyl (C=O) groups excluding carboxylic acids is 1. The van der Waals surface area contributed by atoms with Crippen molar-refractivity contribution in [1.29, 1.82) is 0 Å². The minimum atomic E-state index is -0.238. The van der Waals surface area contributed by atoms with Crippen LogP contribution in [0.2, 0.25) is 5.02 Å². The van der Waals surface area contributed by atoms with E-state index < -0.39 is 0 Å². The molecular formula is C25H26ClN3OS. The third-order valence-corrected chi connectivity index (χ3v) is 6.90. The van der Waals surface area contributed by atoms with Gasteiger partial charge in [0.15, 0.2) is 5.50 Å². The van der Waals surface area contributed by atoms with Gasteiger partial charge >= 0.3 is 0 Å². The van der Waals surface area contributed by atoms with Crippen molar-refractivity contribution in [3.63, 3.8) is 0 Å². The quantitative estimate of drug-likeness (QED) is 0.459. The lowest BCUT2D eigenvalue weighted by atomic mass is 10.1. The predicted molar refractivity (Wildman–Crippen MR) is 132 cm³/mol. The fraction of sp³-hybridized carbons (Fsp3) is 0.240. The van der Waals surface area contributed by atoms with Crippen LogP contribution in [0.4, 0.5) is 5.69 Å². The summed E-state index contributed by atoms with van der Waals surface area (Å²) < 4.78 is 2.28. The Bertz CT molecular complexity index is 1190. The highest BCUT2D eigenvalue weighted by atomic mass is 35.5. The number of nitrogens with zero attached hydrogens (tertiary/aromatic N) is 1. The summed E-state index contributed by atoms with van der Waals surface area (Å²) in [4.78, 5) is 13.3. The number of aryl methyl sites for hydroxylation is 4. The molecule has 4 nitrogen and oxygen atoms in total. The second-order valence-electron chi connectivity index (χ2n) is 7.99. The number of thioether (sulfide) groups is 1. The number of aromatic nitrogens is 1. The van der Waals surface area contributed by atoms with Gasteiger partial charge in [0.2, 0.25) is 0 Å². The van der Waals surface area contributed by atoms with E-state index in [0.29, 0.717) is 9.93 Å². The average Bonchev–Trinajstić information content (AvgIpc) is 3.18. The molecule has 1 unspecified atom stereocenters. The molecule has 4 rings (SSSR count). The van der Waals surface area contributed by atoms with Crippen molar-refractivity contribution in [3.05, 3.63) is 86.0 Å². The molecular weight excluding hydrogens is 426 g/mol. The van der Waals surface area contributed by atoms with Crippen LogP contribution in [-0.4, -0.2) is 16.0 Å². The van der Waals surface area contributed by atoms with Crippen LogP contribution in [0.25, 0.3) is 11.8 Å². The van der Waals surface area contributed by atoms with E-state index >= 15 is 0 Å². The Balaban J connectivity index is 1.62. The number of rotatable bonds is 4. The van der Waals surface area contributed by atoms with Crippen molar-refractivity contribution in [2.24, 2.45) is 0 Å². The normalized spacial score (nSPS) is 17.3. The first-order valence-electron chi connectivity index (χ1n) is 10.2. The van der Waals surface area contributed by atoms with Gasteiger partial charge in [-0.2, -0.15) is 0 Å². The number of halogens is 1. The van der Waals surface area contributed by atoms with Gasteiger partial charge < -0.3 is 15.2 Å². The van der Waals surface area contributed by atoms with Crippen LogP contribution in [-0.2, 0) is 4.79 Å². The zero-order valence-corrected chi connectivity index (χ0v) is 19.9. The number of amides is 1. The lowest BCUT2D eigenvalue weighted by molar-refractivity contribution is -0.116. The van der Waals surface area contributed by atoms with Gasteiger partial charge in [0.05, 0.1) is 10.6 Å². The summed E-state index contributed by atoms with van der Waals surface area (Å²) in [6, 6.07) is 14.2. The molecule has 1 aliphatic heterocycles. The molecule has 0 spiro atoms. The Hall–Kier alpha value is -2.63. The molecule has 0 aliphatic carbocycles. The van der Waals surface area contributed by atoms with Crippen LogP contribution in [0.3, 0.4) is 0 Å². The van der Waals surface area contributed by atoms with Crippen LogP contribution < -0.4 is 10.6 Å². The van der Waals surface area contributed by atoms with Gasteiger partial charge in [-0.3, -0.25) is 4.79 Å². The third-order valence-electron chi connectivity index (χ3n) is 5.64. The van der Waals surface area contributed by atoms with E-state index in [0.717, 1.165) is 28.2 Å². The van der Waals surface area contributed by atoms with Gasteiger partial charge in [0.25, 0.3) is 5.91 Å². The number of anilines is 1. The topological polar surface area (TPSA) is 46.1 Å². The molecule has 6 heteroatoms. The van der Waals surface area contributed by atoms with Gasteiger partial charge in [-0.1, -0.05) is 47.6 Å². The summed E-state index contributed by atoms with van der Waals surface area (Å²) in [5.41, 5.74) is 8.75. The fourth-order valence-electron chi connectivity index (χ4n) is 4.03. The number of carbonyl (C=O) groups is 1. The summed E-state index contributed by atoms with van der Waals surface area (Å²) in [6.07, 6.45) is 1.99.